The zero-order valence-electron chi connectivity index (χ0n) is 17.5. The summed E-state index contributed by atoms with van der Waals surface area (Å²) in [4.78, 5) is 12.6. The van der Waals surface area contributed by atoms with Crippen LogP contribution in [0.25, 0.3) is 11.4 Å². The van der Waals surface area contributed by atoms with Gasteiger partial charge in [-0.25, -0.2) is 0 Å². The maximum Gasteiger partial charge on any atom is 0.246 e. The molecule has 0 saturated carbocycles. The summed E-state index contributed by atoms with van der Waals surface area (Å²) in [5.74, 6) is 2.50. The van der Waals surface area contributed by atoms with Crippen molar-refractivity contribution >= 4 is 17.6 Å². The normalized spacial score (nSPS) is 10.7. The van der Waals surface area contributed by atoms with Crippen molar-refractivity contribution in [1.29, 1.82) is 0 Å². The number of aryl methyl sites for hydroxylation is 2. The van der Waals surface area contributed by atoms with Gasteiger partial charge >= 0.3 is 0 Å². The van der Waals surface area contributed by atoms with E-state index in [-0.39, 0.29) is 5.95 Å². The van der Waals surface area contributed by atoms with Gasteiger partial charge in [0.2, 0.25) is 23.7 Å². The zero-order valence-corrected chi connectivity index (χ0v) is 17.5. The van der Waals surface area contributed by atoms with E-state index in [9.17, 15) is 0 Å². The highest BCUT2D eigenvalue weighted by Gasteiger charge is 2.09. The minimum Gasteiger partial charge on any atom is -0.478 e. The lowest BCUT2D eigenvalue weighted by Gasteiger charge is -2.08. The van der Waals surface area contributed by atoms with Gasteiger partial charge in [-0.2, -0.15) is 15.0 Å². The number of anilines is 3. The van der Waals surface area contributed by atoms with Crippen molar-refractivity contribution in [1.82, 2.24) is 25.1 Å². The van der Waals surface area contributed by atoms with Crippen LogP contribution in [0.4, 0.5) is 17.6 Å². The molecule has 0 unspecified atom stereocenters. The van der Waals surface area contributed by atoms with Gasteiger partial charge in [0.15, 0.2) is 5.82 Å². The fourth-order valence-electron chi connectivity index (χ4n) is 3.12. The van der Waals surface area contributed by atoms with E-state index in [1.165, 1.54) is 11.1 Å². The minimum atomic E-state index is 0.0862. The fraction of sp³-hybridized carbons (Fsp3) is 0.182. The van der Waals surface area contributed by atoms with Crippen LogP contribution in [0.15, 0.2) is 48.5 Å². The first-order chi connectivity index (χ1) is 15.0. The molecule has 0 amide bonds. The summed E-state index contributed by atoms with van der Waals surface area (Å²) < 4.78 is 11.1. The smallest absolute Gasteiger partial charge is 0.246 e. The van der Waals surface area contributed by atoms with E-state index in [4.69, 9.17) is 15.2 Å². The first-order valence-corrected chi connectivity index (χ1v) is 9.82. The lowest BCUT2D eigenvalue weighted by molar-refractivity contribution is 0.323. The van der Waals surface area contributed by atoms with E-state index in [1.54, 1.807) is 6.07 Å². The molecule has 0 aliphatic carbocycles. The number of rotatable bonds is 7. The molecule has 9 heteroatoms. The molecule has 2 heterocycles. The molecule has 31 heavy (non-hydrogen) atoms. The largest absolute Gasteiger partial charge is 0.478 e. The third kappa shape index (κ3) is 5.08. The highest BCUT2D eigenvalue weighted by atomic mass is 16.5. The molecule has 0 radical (unpaired) electrons. The first-order valence-electron chi connectivity index (χ1n) is 9.82. The number of ether oxygens (including phenoxy) is 2. The summed E-state index contributed by atoms with van der Waals surface area (Å²) in [5.41, 5.74) is 9.87. The highest BCUT2D eigenvalue weighted by molar-refractivity contribution is 5.61. The number of nitrogen functional groups attached to an aromatic ring is 1. The second-order valence-corrected chi connectivity index (χ2v) is 6.97. The van der Waals surface area contributed by atoms with Crippen LogP contribution < -0.4 is 20.5 Å². The summed E-state index contributed by atoms with van der Waals surface area (Å²) in [6, 6.07) is 15.2. The predicted molar refractivity (Wildman–Crippen MR) is 119 cm³/mol. The summed E-state index contributed by atoms with van der Waals surface area (Å²) in [6.07, 6.45) is 0. The Kier molecular flexibility index (Phi) is 5.65. The fourth-order valence-corrected chi connectivity index (χ4v) is 3.12. The Morgan fingerprint density at radius 1 is 0.935 bits per heavy atom. The van der Waals surface area contributed by atoms with E-state index in [0.717, 1.165) is 11.3 Å². The number of hydrogen-bond acceptors (Lipinski definition) is 8. The van der Waals surface area contributed by atoms with E-state index >= 15 is 0 Å². The van der Waals surface area contributed by atoms with Crippen molar-refractivity contribution in [3.8, 4) is 28.9 Å². The monoisotopic (exact) mass is 417 g/mol. The molecule has 0 spiro atoms. The van der Waals surface area contributed by atoms with E-state index in [1.807, 2.05) is 43.3 Å². The molecule has 4 rings (SSSR count). The Balaban J connectivity index is 1.46. The zero-order chi connectivity index (χ0) is 21.8. The van der Waals surface area contributed by atoms with Gasteiger partial charge < -0.3 is 20.5 Å². The summed E-state index contributed by atoms with van der Waals surface area (Å²) in [6.45, 7) is 6.45. The quantitative estimate of drug-likeness (QED) is 0.404. The SMILES string of the molecule is CCOc1cc(Oc2ccc(-c3nc(Nc4cc(C)cc(C)c4)n[nH]3)cc2)nc(N)n1. The number of nitrogens with zero attached hydrogens (tertiary/aromatic N) is 4. The Morgan fingerprint density at radius 2 is 1.65 bits per heavy atom. The van der Waals surface area contributed by atoms with Crippen LogP contribution in [0, 0.1) is 13.8 Å². The Morgan fingerprint density at radius 3 is 2.35 bits per heavy atom. The summed E-state index contributed by atoms with van der Waals surface area (Å²) in [7, 11) is 0. The molecule has 2 aromatic heterocycles. The Hall–Kier alpha value is -4.14. The Bertz CT molecular complexity index is 1170. The van der Waals surface area contributed by atoms with E-state index in [0.29, 0.717) is 35.9 Å². The highest BCUT2D eigenvalue weighted by Crippen LogP contribution is 2.26. The van der Waals surface area contributed by atoms with Gasteiger partial charge in [0.1, 0.15) is 5.75 Å². The van der Waals surface area contributed by atoms with Crippen molar-refractivity contribution in [2.75, 3.05) is 17.7 Å². The van der Waals surface area contributed by atoms with Gasteiger partial charge in [0, 0.05) is 11.3 Å². The molecule has 0 aliphatic rings. The number of hydrogen-bond donors (Lipinski definition) is 3. The molecule has 9 nitrogen and oxygen atoms in total. The van der Waals surface area contributed by atoms with Crippen molar-refractivity contribution in [2.24, 2.45) is 0 Å². The van der Waals surface area contributed by atoms with Crippen molar-refractivity contribution in [3.63, 3.8) is 0 Å². The first kappa shape index (κ1) is 20.1. The third-order valence-electron chi connectivity index (χ3n) is 4.30. The molecule has 0 aliphatic heterocycles. The number of nitrogens with one attached hydrogen (secondary N) is 2. The number of aromatic amines is 1. The average Bonchev–Trinajstić information content (AvgIpc) is 3.16. The van der Waals surface area contributed by atoms with Crippen LogP contribution in [0.3, 0.4) is 0 Å². The van der Waals surface area contributed by atoms with Crippen LogP contribution in [-0.2, 0) is 0 Å². The number of aromatic nitrogens is 5. The molecule has 0 bridgehead atoms. The molecule has 0 atom stereocenters. The van der Waals surface area contributed by atoms with Crippen molar-refractivity contribution < 1.29 is 9.47 Å². The lowest BCUT2D eigenvalue weighted by atomic mass is 10.1. The summed E-state index contributed by atoms with van der Waals surface area (Å²) >= 11 is 0. The van der Waals surface area contributed by atoms with Gasteiger partial charge in [-0.1, -0.05) is 6.07 Å². The lowest BCUT2D eigenvalue weighted by Crippen LogP contribution is -2.01. The van der Waals surface area contributed by atoms with Gasteiger partial charge in [-0.15, -0.1) is 5.10 Å². The van der Waals surface area contributed by atoms with Crippen LogP contribution in [0.5, 0.6) is 17.5 Å². The maximum atomic E-state index is 5.77. The van der Waals surface area contributed by atoms with Crippen molar-refractivity contribution in [2.45, 2.75) is 20.8 Å². The van der Waals surface area contributed by atoms with E-state index in [2.05, 4.69) is 50.4 Å². The number of nitrogens with two attached hydrogens (primary N) is 1. The Labute approximate surface area is 179 Å². The van der Waals surface area contributed by atoms with Gasteiger partial charge in [0.05, 0.1) is 12.7 Å². The van der Waals surface area contributed by atoms with Crippen LogP contribution in [-0.4, -0.2) is 31.8 Å². The predicted octanol–water partition coefficient (Wildman–Crippen LogP) is 4.40. The number of H-pyrrole nitrogens is 1. The van der Waals surface area contributed by atoms with Gasteiger partial charge in [0.25, 0.3) is 0 Å². The number of benzene rings is 2. The molecule has 158 valence electrons. The second kappa shape index (κ2) is 8.70. The molecule has 2 aromatic carbocycles. The van der Waals surface area contributed by atoms with Crippen LogP contribution in [0.2, 0.25) is 0 Å². The topological polar surface area (TPSA) is 124 Å². The van der Waals surface area contributed by atoms with Gasteiger partial charge in [-0.05, 0) is 68.3 Å². The van der Waals surface area contributed by atoms with Gasteiger partial charge in [-0.3, -0.25) is 5.10 Å². The molecule has 4 N–H and O–H groups in total. The molecule has 0 fully saturated rings. The standard InChI is InChI=1S/C22H23N7O2/c1-4-30-18-12-19(26-21(23)25-18)31-17-7-5-15(6-8-17)20-27-22(29-28-20)24-16-10-13(2)9-14(3)11-16/h5-12H,4H2,1-3H3,(H2,23,25,26)(H2,24,27,28,29). The minimum absolute atomic E-state index is 0.0862. The third-order valence-corrected chi connectivity index (χ3v) is 4.30. The summed E-state index contributed by atoms with van der Waals surface area (Å²) in [5, 5.41) is 10.4. The maximum absolute atomic E-state index is 5.77. The molecule has 4 aromatic rings. The second-order valence-electron chi connectivity index (χ2n) is 6.97. The van der Waals surface area contributed by atoms with E-state index < -0.39 is 0 Å². The van der Waals surface area contributed by atoms with Crippen LogP contribution in [0.1, 0.15) is 18.1 Å². The average molecular weight is 417 g/mol. The molecular formula is C22H23N7O2. The van der Waals surface area contributed by atoms with Crippen molar-refractivity contribution in [3.05, 3.63) is 59.7 Å². The van der Waals surface area contributed by atoms with Crippen LogP contribution >= 0.6 is 0 Å². The molecule has 0 saturated heterocycles. The molecular weight excluding hydrogens is 394 g/mol.